The summed E-state index contributed by atoms with van der Waals surface area (Å²) in [5, 5.41) is 20.1. The average Bonchev–Trinajstić information content (AvgIpc) is 3.24. The highest BCUT2D eigenvalue weighted by Gasteiger charge is 2.26. The molecule has 4 aromatic rings. The van der Waals surface area contributed by atoms with Gasteiger partial charge in [0.1, 0.15) is 11.2 Å². The molecule has 0 spiro atoms. The van der Waals surface area contributed by atoms with Gasteiger partial charge in [0.25, 0.3) is 0 Å². The van der Waals surface area contributed by atoms with Gasteiger partial charge in [0.05, 0.1) is 21.5 Å². The Kier molecular flexibility index (Phi) is 3.70. The third-order valence-corrected chi connectivity index (χ3v) is 6.64. The van der Waals surface area contributed by atoms with E-state index in [9.17, 15) is 5.11 Å². The predicted molar refractivity (Wildman–Crippen MR) is 112 cm³/mol. The van der Waals surface area contributed by atoms with Gasteiger partial charge in [-0.1, -0.05) is 18.2 Å². The molecule has 1 aliphatic rings. The molecule has 6 nitrogen and oxygen atoms in total. The third-order valence-electron chi connectivity index (χ3n) is 5.58. The van der Waals surface area contributed by atoms with Crippen LogP contribution in [0.15, 0.2) is 24.5 Å². The molecule has 7 heteroatoms. The lowest BCUT2D eigenvalue weighted by Gasteiger charge is -2.18. The van der Waals surface area contributed by atoms with E-state index in [1.165, 1.54) is 11.1 Å². The Morgan fingerprint density at radius 3 is 2.64 bits per heavy atom. The number of fused-ring (bicyclic) bond motifs is 4. The second kappa shape index (κ2) is 5.93. The van der Waals surface area contributed by atoms with Crippen LogP contribution >= 0.6 is 11.3 Å². The Labute approximate surface area is 166 Å². The maximum Gasteiger partial charge on any atom is 0.150 e. The SMILES string of the molecule is Cc1nnc2sc3c(N4Cc5ccc(C(C)(C)O)cc5C4)ncnc3c2c1C. The summed E-state index contributed by atoms with van der Waals surface area (Å²) < 4.78 is 1.05. The first-order valence-corrected chi connectivity index (χ1v) is 10.1. The van der Waals surface area contributed by atoms with Crippen LogP contribution in [0.25, 0.3) is 20.4 Å². The fourth-order valence-electron chi connectivity index (χ4n) is 3.82. The Balaban J connectivity index is 1.61. The second-order valence-corrected chi connectivity index (χ2v) is 8.97. The van der Waals surface area contributed by atoms with Gasteiger partial charge in [-0.3, -0.25) is 0 Å². The van der Waals surface area contributed by atoms with Crippen molar-refractivity contribution >= 4 is 37.6 Å². The summed E-state index contributed by atoms with van der Waals surface area (Å²) in [5.41, 5.74) is 5.61. The van der Waals surface area contributed by atoms with Crippen molar-refractivity contribution < 1.29 is 5.11 Å². The molecule has 5 rings (SSSR count). The maximum absolute atomic E-state index is 10.3. The maximum atomic E-state index is 10.3. The van der Waals surface area contributed by atoms with E-state index in [-0.39, 0.29) is 0 Å². The molecule has 0 unspecified atom stereocenters. The van der Waals surface area contributed by atoms with E-state index in [1.54, 1.807) is 17.7 Å². The minimum atomic E-state index is -0.843. The molecule has 0 amide bonds. The van der Waals surface area contributed by atoms with Crippen molar-refractivity contribution in [3.05, 3.63) is 52.5 Å². The molecular formula is C21H21N5OS. The third kappa shape index (κ3) is 2.57. The molecule has 3 aromatic heterocycles. The summed E-state index contributed by atoms with van der Waals surface area (Å²) in [7, 11) is 0. The summed E-state index contributed by atoms with van der Waals surface area (Å²) in [6.45, 7) is 9.25. The molecule has 0 fully saturated rings. The van der Waals surface area contributed by atoms with Crippen LogP contribution in [0.3, 0.4) is 0 Å². The normalized spacial score (nSPS) is 14.2. The van der Waals surface area contributed by atoms with Crippen molar-refractivity contribution in [3.8, 4) is 0 Å². The van der Waals surface area contributed by atoms with Gasteiger partial charge in [0.15, 0.2) is 5.82 Å². The molecule has 4 heterocycles. The number of nitrogens with zero attached hydrogens (tertiary/aromatic N) is 5. The Morgan fingerprint density at radius 2 is 1.86 bits per heavy atom. The summed E-state index contributed by atoms with van der Waals surface area (Å²) in [5.74, 6) is 0.936. The molecule has 0 radical (unpaired) electrons. The summed E-state index contributed by atoms with van der Waals surface area (Å²) in [4.78, 5) is 12.4. The monoisotopic (exact) mass is 391 g/mol. The van der Waals surface area contributed by atoms with Crippen molar-refractivity contribution in [1.82, 2.24) is 20.2 Å². The molecule has 1 N–H and O–H groups in total. The fraction of sp³-hybridized carbons (Fsp3) is 0.333. The number of anilines is 1. The molecule has 0 saturated heterocycles. The number of rotatable bonds is 2. The van der Waals surface area contributed by atoms with Crippen LogP contribution in [0.2, 0.25) is 0 Å². The van der Waals surface area contributed by atoms with E-state index in [0.29, 0.717) is 0 Å². The van der Waals surface area contributed by atoms with E-state index in [0.717, 1.165) is 56.2 Å². The van der Waals surface area contributed by atoms with E-state index < -0.39 is 5.60 Å². The lowest BCUT2D eigenvalue weighted by atomic mass is 9.95. The number of aromatic nitrogens is 4. The van der Waals surface area contributed by atoms with Crippen LogP contribution in [0.5, 0.6) is 0 Å². The molecule has 28 heavy (non-hydrogen) atoms. The van der Waals surface area contributed by atoms with E-state index in [1.807, 2.05) is 26.8 Å². The lowest BCUT2D eigenvalue weighted by Crippen LogP contribution is -2.16. The number of benzene rings is 1. The number of hydrogen-bond acceptors (Lipinski definition) is 7. The smallest absolute Gasteiger partial charge is 0.150 e. The second-order valence-electron chi connectivity index (χ2n) is 7.97. The largest absolute Gasteiger partial charge is 0.386 e. The molecule has 0 aliphatic carbocycles. The molecule has 142 valence electrons. The first kappa shape index (κ1) is 17.5. The molecule has 1 aromatic carbocycles. The van der Waals surface area contributed by atoms with Crippen molar-refractivity contribution in [2.24, 2.45) is 0 Å². The van der Waals surface area contributed by atoms with Crippen LogP contribution in [-0.4, -0.2) is 25.3 Å². The van der Waals surface area contributed by atoms with Gasteiger partial charge < -0.3 is 10.0 Å². The van der Waals surface area contributed by atoms with Crippen molar-refractivity contribution in [2.45, 2.75) is 46.4 Å². The van der Waals surface area contributed by atoms with Crippen LogP contribution in [0.4, 0.5) is 5.82 Å². The van der Waals surface area contributed by atoms with E-state index in [2.05, 4.69) is 44.1 Å². The Bertz CT molecular complexity index is 1240. The quantitative estimate of drug-likeness (QED) is 0.557. The van der Waals surface area contributed by atoms with Crippen LogP contribution in [0, 0.1) is 13.8 Å². The minimum absolute atomic E-state index is 0.767. The Hall–Kier alpha value is -2.64. The topological polar surface area (TPSA) is 75.0 Å². The number of hydrogen-bond donors (Lipinski definition) is 1. The lowest BCUT2D eigenvalue weighted by molar-refractivity contribution is 0.0785. The zero-order valence-electron chi connectivity index (χ0n) is 16.3. The highest BCUT2D eigenvalue weighted by atomic mass is 32.1. The van der Waals surface area contributed by atoms with Crippen LogP contribution in [-0.2, 0) is 18.7 Å². The molecule has 1 aliphatic heterocycles. The summed E-state index contributed by atoms with van der Waals surface area (Å²) in [6, 6.07) is 6.24. The minimum Gasteiger partial charge on any atom is -0.386 e. The van der Waals surface area contributed by atoms with Crippen LogP contribution in [0.1, 0.15) is 41.8 Å². The molecule has 0 atom stereocenters. The van der Waals surface area contributed by atoms with Crippen molar-refractivity contribution in [1.29, 1.82) is 0 Å². The van der Waals surface area contributed by atoms with Gasteiger partial charge in [-0.15, -0.1) is 16.4 Å². The molecule has 0 saturated carbocycles. The zero-order chi connectivity index (χ0) is 19.6. The standard InChI is InChI=1S/C21H21N5OS/c1-11-12(2)24-25-20-16(11)17-18(28-20)19(23-10-22-17)26-8-13-5-6-15(21(3,4)27)7-14(13)9-26/h5-7,10,27H,8-9H2,1-4H3. The van der Waals surface area contributed by atoms with Gasteiger partial charge in [0.2, 0.25) is 0 Å². The van der Waals surface area contributed by atoms with E-state index in [4.69, 9.17) is 0 Å². The van der Waals surface area contributed by atoms with Gasteiger partial charge >= 0.3 is 0 Å². The number of aryl methyl sites for hydroxylation is 2. The fourth-order valence-corrected chi connectivity index (χ4v) is 4.97. The predicted octanol–water partition coefficient (Wildman–Crippen LogP) is 4.00. The van der Waals surface area contributed by atoms with Crippen molar-refractivity contribution in [2.75, 3.05) is 4.90 Å². The first-order chi connectivity index (χ1) is 13.3. The Morgan fingerprint density at radius 1 is 1.07 bits per heavy atom. The molecular weight excluding hydrogens is 370 g/mol. The first-order valence-electron chi connectivity index (χ1n) is 9.29. The van der Waals surface area contributed by atoms with E-state index >= 15 is 0 Å². The van der Waals surface area contributed by atoms with Gasteiger partial charge in [-0.25, -0.2) is 9.97 Å². The average molecular weight is 392 g/mol. The number of aliphatic hydroxyl groups is 1. The van der Waals surface area contributed by atoms with Crippen molar-refractivity contribution in [3.63, 3.8) is 0 Å². The van der Waals surface area contributed by atoms with Gasteiger partial charge in [-0.05, 0) is 49.9 Å². The highest BCUT2D eigenvalue weighted by Crippen LogP contribution is 2.40. The zero-order valence-corrected chi connectivity index (χ0v) is 17.1. The number of thiophene rings is 1. The van der Waals surface area contributed by atoms with Gasteiger partial charge in [-0.2, -0.15) is 5.10 Å². The summed E-state index contributed by atoms with van der Waals surface area (Å²) in [6.07, 6.45) is 1.64. The molecule has 0 bridgehead atoms. The summed E-state index contributed by atoms with van der Waals surface area (Å²) >= 11 is 1.60. The van der Waals surface area contributed by atoms with Crippen LogP contribution < -0.4 is 4.90 Å². The van der Waals surface area contributed by atoms with Gasteiger partial charge in [0, 0.05) is 18.5 Å². The highest BCUT2D eigenvalue weighted by molar-refractivity contribution is 7.26.